The molecule has 2 bridgehead atoms. The number of fused-ring (bicyclic) bond motifs is 3. The summed E-state index contributed by atoms with van der Waals surface area (Å²) in [6, 6.07) is 15.0. The van der Waals surface area contributed by atoms with Crippen molar-refractivity contribution in [3.63, 3.8) is 0 Å². The molecule has 2 aliphatic heterocycles. The third-order valence-electron chi connectivity index (χ3n) is 5.97. The normalized spacial score (nSPS) is 35.2. The molecule has 2 aromatic carbocycles. The van der Waals surface area contributed by atoms with Gasteiger partial charge in [-0.15, -0.1) is 0 Å². The minimum atomic E-state index is -0.171. The molecule has 2 heterocycles. The maximum absolute atomic E-state index is 6.52. The van der Waals surface area contributed by atoms with Gasteiger partial charge in [0.25, 0.3) is 0 Å². The Labute approximate surface area is 152 Å². The van der Waals surface area contributed by atoms with Crippen molar-refractivity contribution in [1.82, 2.24) is 0 Å². The zero-order valence-corrected chi connectivity index (χ0v) is 16.2. The van der Waals surface area contributed by atoms with Gasteiger partial charge in [0.1, 0.15) is 0 Å². The van der Waals surface area contributed by atoms with Gasteiger partial charge in [-0.1, -0.05) is 66.2 Å². The van der Waals surface area contributed by atoms with Crippen molar-refractivity contribution >= 4 is 26.7 Å². The summed E-state index contributed by atoms with van der Waals surface area (Å²) in [5.74, 6) is 0.484. The van der Waals surface area contributed by atoms with E-state index in [1.165, 1.54) is 16.3 Å². The zero-order valence-electron chi connectivity index (χ0n) is 14.6. The molecule has 2 aliphatic rings. The molecule has 0 spiro atoms. The fourth-order valence-electron chi connectivity index (χ4n) is 4.42. The van der Waals surface area contributed by atoms with Crippen LogP contribution in [0.5, 0.6) is 0 Å². The van der Waals surface area contributed by atoms with Gasteiger partial charge in [0.15, 0.2) is 0 Å². The second-order valence-corrected chi connectivity index (χ2v) is 8.99. The summed E-state index contributed by atoms with van der Waals surface area (Å²) in [5, 5.41) is 2.55. The maximum atomic E-state index is 6.52. The summed E-state index contributed by atoms with van der Waals surface area (Å²) in [6.45, 7) is 7.37. The monoisotopic (exact) mass is 388 g/mol. The fraction of sp³-hybridized carbons (Fsp3) is 0.524. The van der Waals surface area contributed by atoms with Crippen molar-refractivity contribution in [2.75, 3.05) is 0 Å². The molecule has 2 saturated heterocycles. The summed E-state index contributed by atoms with van der Waals surface area (Å²) in [7, 11) is 0. The Kier molecular flexibility index (Phi) is 4.02. The Balaban J connectivity index is 1.50. The molecule has 2 nitrogen and oxygen atoms in total. The number of benzene rings is 2. The highest BCUT2D eigenvalue weighted by Crippen LogP contribution is 2.57. The highest BCUT2D eigenvalue weighted by molar-refractivity contribution is 9.09. The Morgan fingerprint density at radius 3 is 2.62 bits per heavy atom. The predicted molar refractivity (Wildman–Crippen MR) is 102 cm³/mol. The van der Waals surface area contributed by atoms with Crippen LogP contribution in [0.2, 0.25) is 0 Å². The first-order valence-electron chi connectivity index (χ1n) is 8.86. The third-order valence-corrected chi connectivity index (χ3v) is 7.06. The van der Waals surface area contributed by atoms with Crippen LogP contribution >= 0.6 is 15.9 Å². The second-order valence-electron chi connectivity index (χ2n) is 7.88. The number of alkyl halides is 1. The smallest absolute Gasteiger partial charge is 0.0936 e. The molecular formula is C21H25BrO2. The van der Waals surface area contributed by atoms with Crippen LogP contribution in [0.4, 0.5) is 0 Å². The molecule has 0 aromatic heterocycles. The van der Waals surface area contributed by atoms with E-state index in [1.54, 1.807) is 0 Å². The lowest BCUT2D eigenvalue weighted by Gasteiger charge is -2.35. The number of hydrogen-bond donors (Lipinski definition) is 0. The molecule has 24 heavy (non-hydrogen) atoms. The predicted octanol–water partition coefficient (Wildman–Crippen LogP) is 5.47. The van der Waals surface area contributed by atoms with E-state index >= 15 is 0 Å². The third kappa shape index (κ3) is 2.53. The average molecular weight is 389 g/mol. The zero-order chi connectivity index (χ0) is 16.9. The molecule has 0 N–H and O–H groups in total. The standard InChI is InChI=1S/C21H25BrO2/c1-14(2)21-12-19(20(3,24-21)11-18(21)22)23-13-15-8-9-16-6-4-5-7-17(16)10-15/h4-10,14,18-19H,11-13H2,1-3H3. The molecule has 2 aromatic rings. The summed E-state index contributed by atoms with van der Waals surface area (Å²) < 4.78 is 12.9. The van der Waals surface area contributed by atoms with Crippen LogP contribution in [0.25, 0.3) is 10.8 Å². The first-order chi connectivity index (χ1) is 11.4. The molecule has 0 aliphatic carbocycles. The van der Waals surface area contributed by atoms with Crippen LogP contribution in [0.1, 0.15) is 39.2 Å². The van der Waals surface area contributed by atoms with Gasteiger partial charge >= 0.3 is 0 Å². The Morgan fingerprint density at radius 2 is 1.92 bits per heavy atom. The van der Waals surface area contributed by atoms with Gasteiger partial charge in [0.05, 0.1) is 23.9 Å². The minimum absolute atomic E-state index is 0.0806. The summed E-state index contributed by atoms with van der Waals surface area (Å²) in [4.78, 5) is 0.426. The molecule has 4 rings (SSSR count). The van der Waals surface area contributed by atoms with E-state index in [4.69, 9.17) is 9.47 Å². The van der Waals surface area contributed by atoms with Gasteiger partial charge < -0.3 is 9.47 Å². The molecule has 128 valence electrons. The molecule has 4 unspecified atom stereocenters. The molecule has 0 radical (unpaired) electrons. The first kappa shape index (κ1) is 16.6. The topological polar surface area (TPSA) is 18.5 Å². The van der Waals surface area contributed by atoms with Crippen LogP contribution in [-0.2, 0) is 16.1 Å². The molecule has 2 fully saturated rings. The van der Waals surface area contributed by atoms with Crippen molar-refractivity contribution in [2.45, 2.75) is 62.4 Å². The van der Waals surface area contributed by atoms with E-state index in [2.05, 4.69) is 79.2 Å². The van der Waals surface area contributed by atoms with E-state index in [-0.39, 0.29) is 17.3 Å². The minimum Gasteiger partial charge on any atom is -0.370 e. The van der Waals surface area contributed by atoms with Crippen LogP contribution < -0.4 is 0 Å². The van der Waals surface area contributed by atoms with Crippen LogP contribution in [0.15, 0.2) is 42.5 Å². The van der Waals surface area contributed by atoms with E-state index in [0.717, 1.165) is 12.8 Å². The van der Waals surface area contributed by atoms with E-state index in [0.29, 0.717) is 17.4 Å². The van der Waals surface area contributed by atoms with E-state index in [9.17, 15) is 0 Å². The maximum Gasteiger partial charge on any atom is 0.0936 e. The highest BCUT2D eigenvalue weighted by Gasteiger charge is 2.65. The lowest BCUT2D eigenvalue weighted by Crippen LogP contribution is -2.44. The fourth-order valence-corrected chi connectivity index (χ4v) is 5.87. The molecular weight excluding hydrogens is 364 g/mol. The van der Waals surface area contributed by atoms with Gasteiger partial charge in [-0.2, -0.15) is 0 Å². The summed E-state index contributed by atoms with van der Waals surface area (Å²) in [6.07, 6.45) is 2.17. The van der Waals surface area contributed by atoms with Crippen LogP contribution in [-0.4, -0.2) is 22.1 Å². The summed E-state index contributed by atoms with van der Waals surface area (Å²) >= 11 is 3.86. The molecule has 3 heteroatoms. The van der Waals surface area contributed by atoms with Gasteiger partial charge in [-0.05, 0) is 41.7 Å². The Hall–Kier alpha value is -0.900. The highest BCUT2D eigenvalue weighted by atomic mass is 79.9. The molecule has 4 atom stereocenters. The molecule has 0 amide bonds. The number of halogens is 1. The number of ether oxygens (including phenoxy) is 2. The van der Waals surface area contributed by atoms with Crippen molar-refractivity contribution < 1.29 is 9.47 Å². The van der Waals surface area contributed by atoms with E-state index in [1.807, 2.05) is 0 Å². The van der Waals surface area contributed by atoms with Crippen molar-refractivity contribution in [2.24, 2.45) is 5.92 Å². The largest absolute Gasteiger partial charge is 0.370 e. The van der Waals surface area contributed by atoms with Gasteiger partial charge in [0, 0.05) is 11.2 Å². The summed E-state index contributed by atoms with van der Waals surface area (Å²) in [5.41, 5.74) is 0.979. The Morgan fingerprint density at radius 1 is 1.17 bits per heavy atom. The van der Waals surface area contributed by atoms with Crippen LogP contribution in [0, 0.1) is 5.92 Å². The van der Waals surface area contributed by atoms with Gasteiger partial charge in [0.2, 0.25) is 0 Å². The average Bonchev–Trinajstić information content (AvgIpc) is 3.00. The van der Waals surface area contributed by atoms with Gasteiger partial charge in [-0.3, -0.25) is 0 Å². The number of rotatable bonds is 4. The van der Waals surface area contributed by atoms with Crippen molar-refractivity contribution in [3.05, 3.63) is 48.0 Å². The van der Waals surface area contributed by atoms with Crippen LogP contribution in [0.3, 0.4) is 0 Å². The molecule has 0 saturated carbocycles. The first-order valence-corrected chi connectivity index (χ1v) is 9.78. The SMILES string of the molecule is CC(C)C12CC(OCc3ccc4ccccc4c3)C(C)(CC1Br)O2. The van der Waals surface area contributed by atoms with Gasteiger partial charge in [-0.25, -0.2) is 0 Å². The van der Waals surface area contributed by atoms with Crippen molar-refractivity contribution in [1.29, 1.82) is 0 Å². The second kappa shape index (κ2) is 5.82. The lowest BCUT2D eigenvalue weighted by molar-refractivity contribution is -0.0955. The van der Waals surface area contributed by atoms with E-state index < -0.39 is 0 Å². The quantitative estimate of drug-likeness (QED) is 0.646. The number of hydrogen-bond acceptors (Lipinski definition) is 2. The van der Waals surface area contributed by atoms with Crippen molar-refractivity contribution in [3.8, 4) is 0 Å². The lowest BCUT2D eigenvalue weighted by atomic mass is 9.75. The Bertz CT molecular complexity index is 758.